The molecule has 0 fully saturated rings. The Balaban J connectivity index is 1.76. The van der Waals surface area contributed by atoms with Crippen LogP contribution in [-0.2, 0) is 0 Å². The third-order valence-electron chi connectivity index (χ3n) is 4.30. The third-order valence-corrected chi connectivity index (χ3v) is 4.30. The Morgan fingerprint density at radius 3 is 2.76 bits per heavy atom. The molecule has 1 aromatic carbocycles. The number of H-pyrrole nitrogens is 1. The van der Waals surface area contributed by atoms with E-state index < -0.39 is 0 Å². The molecule has 126 valence electrons. The van der Waals surface area contributed by atoms with Crippen molar-refractivity contribution in [1.82, 2.24) is 24.7 Å². The quantitative estimate of drug-likeness (QED) is 0.601. The van der Waals surface area contributed by atoms with Crippen molar-refractivity contribution in [3.05, 3.63) is 54.1 Å². The average molecular weight is 333 g/mol. The van der Waals surface area contributed by atoms with Crippen molar-refractivity contribution in [1.29, 1.82) is 0 Å². The number of hydrogen-bond acceptors (Lipinski definition) is 3. The van der Waals surface area contributed by atoms with Crippen LogP contribution < -0.4 is 5.32 Å². The van der Waals surface area contributed by atoms with Crippen molar-refractivity contribution in [3.63, 3.8) is 0 Å². The largest absolute Gasteiger partial charge is 0.352 e. The molecule has 3 heterocycles. The Hall–Kier alpha value is -3.15. The summed E-state index contributed by atoms with van der Waals surface area (Å²) in [5, 5.41) is 2.89. The minimum Gasteiger partial charge on any atom is -0.352 e. The molecule has 0 aliphatic carbocycles. The second-order valence-corrected chi connectivity index (χ2v) is 6.03. The Kier molecular flexibility index (Phi) is 3.72. The van der Waals surface area contributed by atoms with Gasteiger partial charge in [0.05, 0.1) is 22.9 Å². The summed E-state index contributed by atoms with van der Waals surface area (Å²) in [7, 11) is 0. The van der Waals surface area contributed by atoms with E-state index in [2.05, 4.69) is 19.7 Å². The van der Waals surface area contributed by atoms with Crippen molar-refractivity contribution < 1.29 is 4.79 Å². The van der Waals surface area contributed by atoms with Crippen LogP contribution in [0.2, 0.25) is 0 Å². The van der Waals surface area contributed by atoms with Crippen LogP contribution in [0.5, 0.6) is 0 Å². The number of carbonyl (C=O) groups excluding carboxylic acids is 1. The van der Waals surface area contributed by atoms with Gasteiger partial charge in [0.15, 0.2) is 5.65 Å². The average Bonchev–Trinajstić information content (AvgIpc) is 3.24. The van der Waals surface area contributed by atoms with E-state index in [4.69, 9.17) is 4.98 Å². The van der Waals surface area contributed by atoms with E-state index in [1.807, 2.05) is 56.6 Å². The number of fused-ring (bicyclic) bond motifs is 3. The summed E-state index contributed by atoms with van der Waals surface area (Å²) in [5.74, 6) is 0.858. The van der Waals surface area contributed by atoms with Crippen molar-refractivity contribution >= 4 is 22.6 Å². The van der Waals surface area contributed by atoms with Gasteiger partial charge in [-0.2, -0.15) is 0 Å². The van der Waals surface area contributed by atoms with Gasteiger partial charge in [0.2, 0.25) is 0 Å². The number of benzene rings is 1. The van der Waals surface area contributed by atoms with Gasteiger partial charge in [-0.3, -0.25) is 9.20 Å². The smallest absolute Gasteiger partial charge is 0.251 e. The molecule has 4 rings (SSSR count). The van der Waals surface area contributed by atoms with Gasteiger partial charge in [-0.15, -0.1) is 0 Å². The number of aromatic nitrogens is 4. The molecule has 0 spiro atoms. The summed E-state index contributed by atoms with van der Waals surface area (Å²) >= 11 is 0. The van der Waals surface area contributed by atoms with Crippen LogP contribution in [0.3, 0.4) is 0 Å². The van der Waals surface area contributed by atoms with Gasteiger partial charge in [0.1, 0.15) is 5.82 Å². The number of nitrogens with one attached hydrogen (secondary N) is 2. The number of aryl methyl sites for hydroxylation is 1. The van der Waals surface area contributed by atoms with Crippen LogP contribution >= 0.6 is 0 Å². The fourth-order valence-electron chi connectivity index (χ4n) is 3.07. The Morgan fingerprint density at radius 1 is 1.20 bits per heavy atom. The lowest BCUT2D eigenvalue weighted by Crippen LogP contribution is -2.23. The van der Waals surface area contributed by atoms with Gasteiger partial charge in [-0.1, -0.05) is 19.1 Å². The Labute approximate surface area is 144 Å². The zero-order valence-electron chi connectivity index (χ0n) is 14.2. The molecule has 0 bridgehead atoms. The minimum absolute atomic E-state index is 0.0463. The van der Waals surface area contributed by atoms with Gasteiger partial charge >= 0.3 is 0 Å². The highest BCUT2D eigenvalue weighted by molar-refractivity contribution is 5.95. The number of imidazole rings is 1. The summed E-state index contributed by atoms with van der Waals surface area (Å²) in [4.78, 5) is 24.4. The van der Waals surface area contributed by atoms with E-state index in [0.717, 1.165) is 40.2 Å². The van der Waals surface area contributed by atoms with Crippen LogP contribution in [0.15, 0.2) is 42.7 Å². The molecule has 0 radical (unpaired) electrons. The number of nitrogens with zero attached hydrogens (tertiary/aromatic N) is 3. The molecule has 6 nitrogen and oxygen atoms in total. The van der Waals surface area contributed by atoms with E-state index in [-0.39, 0.29) is 5.91 Å². The number of rotatable bonds is 4. The first-order chi connectivity index (χ1) is 12.2. The standard InChI is InChI=1S/C19H19N5O/c1-3-9-21-19(25)14-6-4-13(5-7-14)17-16-11-22-18-15(8-10-20-18)24(16)12(2)23-17/h4-8,10-11,20H,3,9H2,1-2H3,(H,21,25). The molecule has 25 heavy (non-hydrogen) atoms. The summed E-state index contributed by atoms with van der Waals surface area (Å²) in [6.07, 6.45) is 4.63. The number of amides is 1. The lowest BCUT2D eigenvalue weighted by Gasteiger charge is -2.04. The predicted octanol–water partition coefficient (Wildman–Crippen LogP) is 3.33. The maximum absolute atomic E-state index is 12.0. The van der Waals surface area contributed by atoms with Crippen molar-refractivity contribution in [2.24, 2.45) is 0 Å². The molecule has 4 aromatic rings. The van der Waals surface area contributed by atoms with Gasteiger partial charge < -0.3 is 10.3 Å². The van der Waals surface area contributed by atoms with Gasteiger partial charge in [-0.25, -0.2) is 9.97 Å². The Bertz CT molecular complexity index is 1060. The number of aromatic amines is 1. The van der Waals surface area contributed by atoms with Crippen molar-refractivity contribution in [2.75, 3.05) is 6.54 Å². The van der Waals surface area contributed by atoms with Crippen molar-refractivity contribution in [2.45, 2.75) is 20.3 Å². The van der Waals surface area contributed by atoms with Crippen molar-refractivity contribution in [3.8, 4) is 11.3 Å². The highest BCUT2D eigenvalue weighted by Gasteiger charge is 2.14. The molecule has 2 N–H and O–H groups in total. The molecule has 0 aliphatic heterocycles. The SMILES string of the molecule is CCCNC(=O)c1ccc(-c2nc(C)n3c2cnc2[nH]ccc23)cc1. The minimum atomic E-state index is -0.0463. The normalized spacial score (nSPS) is 11.3. The maximum atomic E-state index is 12.0. The van der Waals surface area contributed by atoms with E-state index >= 15 is 0 Å². The molecule has 0 saturated carbocycles. The highest BCUT2D eigenvalue weighted by Crippen LogP contribution is 2.27. The molecule has 0 unspecified atom stereocenters. The summed E-state index contributed by atoms with van der Waals surface area (Å²) in [5.41, 5.74) is 5.28. The first-order valence-electron chi connectivity index (χ1n) is 8.39. The fourth-order valence-corrected chi connectivity index (χ4v) is 3.07. The lowest BCUT2D eigenvalue weighted by molar-refractivity contribution is 0.0953. The molecule has 0 atom stereocenters. The van der Waals surface area contributed by atoms with Crippen LogP contribution in [0, 0.1) is 6.92 Å². The van der Waals surface area contributed by atoms with Gasteiger partial charge in [-0.05, 0) is 31.5 Å². The highest BCUT2D eigenvalue weighted by atomic mass is 16.1. The molecule has 1 amide bonds. The van der Waals surface area contributed by atoms with Gasteiger partial charge in [0, 0.05) is 23.9 Å². The third kappa shape index (κ3) is 2.55. The zero-order chi connectivity index (χ0) is 17.4. The fraction of sp³-hybridized carbons (Fsp3) is 0.211. The monoisotopic (exact) mass is 333 g/mol. The summed E-state index contributed by atoms with van der Waals surface area (Å²) < 4.78 is 2.09. The van der Waals surface area contributed by atoms with E-state index in [1.54, 1.807) is 0 Å². The van der Waals surface area contributed by atoms with Crippen LogP contribution in [0.25, 0.3) is 27.9 Å². The van der Waals surface area contributed by atoms with Crippen LogP contribution in [0.1, 0.15) is 29.5 Å². The van der Waals surface area contributed by atoms with E-state index in [0.29, 0.717) is 12.1 Å². The first-order valence-corrected chi connectivity index (χ1v) is 8.39. The van der Waals surface area contributed by atoms with E-state index in [1.165, 1.54) is 0 Å². The zero-order valence-corrected chi connectivity index (χ0v) is 14.2. The number of carbonyl (C=O) groups is 1. The number of hydrogen-bond donors (Lipinski definition) is 2. The van der Waals surface area contributed by atoms with E-state index in [9.17, 15) is 4.79 Å². The van der Waals surface area contributed by atoms with Crippen LogP contribution in [-0.4, -0.2) is 31.8 Å². The topological polar surface area (TPSA) is 75.1 Å². The predicted molar refractivity (Wildman–Crippen MR) is 97.6 cm³/mol. The molecule has 3 aromatic heterocycles. The molecular weight excluding hydrogens is 314 g/mol. The van der Waals surface area contributed by atoms with Gasteiger partial charge in [0.25, 0.3) is 5.91 Å². The lowest BCUT2D eigenvalue weighted by atomic mass is 10.1. The molecular formula is C19H19N5O. The second-order valence-electron chi connectivity index (χ2n) is 6.03. The molecule has 0 aliphatic rings. The maximum Gasteiger partial charge on any atom is 0.251 e. The first kappa shape index (κ1) is 15.4. The second kappa shape index (κ2) is 6.05. The molecule has 0 saturated heterocycles. The summed E-state index contributed by atoms with van der Waals surface area (Å²) in [6.45, 7) is 4.70. The Morgan fingerprint density at radius 2 is 2.00 bits per heavy atom. The molecule has 6 heteroatoms. The summed E-state index contributed by atoms with van der Waals surface area (Å²) in [6, 6.07) is 9.54. The van der Waals surface area contributed by atoms with Crippen LogP contribution in [0.4, 0.5) is 0 Å².